The summed E-state index contributed by atoms with van der Waals surface area (Å²) in [5.41, 5.74) is -1.11. The molecule has 1 unspecified atom stereocenters. The number of hydrogen-bond acceptors (Lipinski definition) is 3. The molecular weight excluding hydrogens is 252 g/mol. The fourth-order valence-corrected chi connectivity index (χ4v) is 2.19. The SMILES string of the molecule is CCC(C)(O)COCCCCCCCC(O)(CC)CC. The number of hydrogen-bond donors (Lipinski definition) is 2. The van der Waals surface area contributed by atoms with Crippen LogP contribution in [0.2, 0.25) is 0 Å². The van der Waals surface area contributed by atoms with Crippen molar-refractivity contribution in [3.8, 4) is 0 Å². The molecule has 0 aliphatic carbocycles. The summed E-state index contributed by atoms with van der Waals surface area (Å²) in [5.74, 6) is 0. The van der Waals surface area contributed by atoms with Gasteiger partial charge in [-0.15, -0.1) is 0 Å². The van der Waals surface area contributed by atoms with Crippen molar-refractivity contribution in [2.24, 2.45) is 0 Å². The lowest BCUT2D eigenvalue weighted by molar-refractivity contribution is -0.0365. The summed E-state index contributed by atoms with van der Waals surface area (Å²) < 4.78 is 5.49. The molecule has 0 aliphatic rings. The summed E-state index contributed by atoms with van der Waals surface area (Å²) in [6.45, 7) is 9.08. The second-order valence-electron chi connectivity index (χ2n) is 6.35. The van der Waals surface area contributed by atoms with Crippen molar-refractivity contribution >= 4 is 0 Å². The Morgan fingerprint density at radius 2 is 1.35 bits per heavy atom. The molecule has 3 heteroatoms. The van der Waals surface area contributed by atoms with E-state index in [2.05, 4.69) is 13.8 Å². The minimum absolute atomic E-state index is 0.434. The third kappa shape index (κ3) is 9.73. The van der Waals surface area contributed by atoms with Crippen molar-refractivity contribution in [3.63, 3.8) is 0 Å². The van der Waals surface area contributed by atoms with Crippen molar-refractivity contribution in [3.05, 3.63) is 0 Å². The lowest BCUT2D eigenvalue weighted by Crippen LogP contribution is -2.29. The molecule has 0 saturated carbocycles. The summed E-state index contributed by atoms with van der Waals surface area (Å²) in [4.78, 5) is 0. The second kappa shape index (κ2) is 10.6. The fraction of sp³-hybridized carbons (Fsp3) is 1.00. The van der Waals surface area contributed by atoms with E-state index in [1.807, 2.05) is 13.8 Å². The molecule has 2 N–H and O–H groups in total. The van der Waals surface area contributed by atoms with Crippen LogP contribution in [0.5, 0.6) is 0 Å². The average molecular weight is 288 g/mol. The summed E-state index contributed by atoms with van der Waals surface area (Å²) in [6.07, 6.45) is 9.11. The molecule has 0 aliphatic heterocycles. The van der Waals surface area contributed by atoms with Gasteiger partial charge in [-0.2, -0.15) is 0 Å². The van der Waals surface area contributed by atoms with Crippen LogP contribution >= 0.6 is 0 Å². The van der Waals surface area contributed by atoms with Gasteiger partial charge in [-0.25, -0.2) is 0 Å². The van der Waals surface area contributed by atoms with Gasteiger partial charge in [0, 0.05) is 6.61 Å². The molecule has 0 heterocycles. The molecule has 0 rings (SSSR count). The van der Waals surface area contributed by atoms with Crippen LogP contribution in [0.25, 0.3) is 0 Å². The van der Waals surface area contributed by atoms with Gasteiger partial charge in [0.05, 0.1) is 17.8 Å². The van der Waals surface area contributed by atoms with E-state index < -0.39 is 11.2 Å². The molecule has 0 aromatic carbocycles. The Balaban J connectivity index is 3.38. The predicted octanol–water partition coefficient (Wildman–Crippen LogP) is 4.06. The number of unbranched alkanes of at least 4 members (excludes halogenated alkanes) is 4. The van der Waals surface area contributed by atoms with E-state index >= 15 is 0 Å². The Hall–Kier alpha value is -0.120. The van der Waals surface area contributed by atoms with Gasteiger partial charge >= 0.3 is 0 Å². The van der Waals surface area contributed by atoms with Crippen LogP contribution in [0, 0.1) is 0 Å². The van der Waals surface area contributed by atoms with Gasteiger partial charge in [-0.05, 0) is 39.0 Å². The molecule has 20 heavy (non-hydrogen) atoms. The molecule has 0 fully saturated rings. The molecule has 0 radical (unpaired) electrons. The smallest absolute Gasteiger partial charge is 0.0849 e. The Kier molecular flexibility index (Phi) is 10.5. The third-order valence-corrected chi connectivity index (χ3v) is 4.42. The maximum Gasteiger partial charge on any atom is 0.0849 e. The summed E-state index contributed by atoms with van der Waals surface area (Å²) in [6, 6.07) is 0. The summed E-state index contributed by atoms with van der Waals surface area (Å²) in [7, 11) is 0. The molecule has 3 nitrogen and oxygen atoms in total. The van der Waals surface area contributed by atoms with Gasteiger partial charge in [0.15, 0.2) is 0 Å². The van der Waals surface area contributed by atoms with E-state index in [4.69, 9.17) is 4.74 Å². The highest BCUT2D eigenvalue weighted by atomic mass is 16.5. The Labute approximate surface area is 125 Å². The normalized spacial score (nSPS) is 15.3. The van der Waals surface area contributed by atoms with E-state index in [1.54, 1.807) is 0 Å². The van der Waals surface area contributed by atoms with E-state index in [0.29, 0.717) is 6.61 Å². The van der Waals surface area contributed by atoms with Crippen LogP contribution in [0.15, 0.2) is 0 Å². The van der Waals surface area contributed by atoms with Crippen molar-refractivity contribution in [2.45, 2.75) is 96.7 Å². The largest absolute Gasteiger partial charge is 0.390 e. The molecular formula is C17H36O3. The zero-order valence-corrected chi connectivity index (χ0v) is 14.1. The molecule has 1 atom stereocenters. The molecule has 0 saturated heterocycles. The average Bonchev–Trinajstić information content (AvgIpc) is 2.45. The molecule has 0 aromatic rings. The zero-order valence-electron chi connectivity index (χ0n) is 14.1. The molecule has 0 amide bonds. The van der Waals surface area contributed by atoms with E-state index in [0.717, 1.165) is 45.1 Å². The molecule has 0 spiro atoms. The first-order chi connectivity index (χ1) is 9.39. The quantitative estimate of drug-likeness (QED) is 0.503. The maximum absolute atomic E-state index is 10.2. The highest BCUT2D eigenvalue weighted by Crippen LogP contribution is 2.22. The number of rotatable bonds is 13. The van der Waals surface area contributed by atoms with Crippen LogP contribution < -0.4 is 0 Å². The monoisotopic (exact) mass is 288 g/mol. The third-order valence-electron chi connectivity index (χ3n) is 4.42. The topological polar surface area (TPSA) is 49.7 Å². The predicted molar refractivity (Wildman–Crippen MR) is 85.0 cm³/mol. The first-order valence-electron chi connectivity index (χ1n) is 8.41. The Morgan fingerprint density at radius 3 is 1.90 bits per heavy atom. The standard InChI is InChI=1S/C17H36O3/c1-5-16(4,18)15-20-14-12-10-8-9-11-13-17(19,6-2)7-3/h18-19H,5-15H2,1-4H3. The molecule has 0 bridgehead atoms. The van der Waals surface area contributed by atoms with Crippen molar-refractivity contribution in [2.75, 3.05) is 13.2 Å². The van der Waals surface area contributed by atoms with Gasteiger partial charge < -0.3 is 14.9 Å². The summed E-state index contributed by atoms with van der Waals surface area (Å²) >= 11 is 0. The molecule has 0 aromatic heterocycles. The molecule has 122 valence electrons. The highest BCUT2D eigenvalue weighted by molar-refractivity contribution is 4.74. The van der Waals surface area contributed by atoms with Gasteiger partial charge in [-0.3, -0.25) is 0 Å². The Bertz CT molecular complexity index is 222. The van der Waals surface area contributed by atoms with E-state index in [1.165, 1.54) is 19.3 Å². The first kappa shape index (κ1) is 19.9. The van der Waals surface area contributed by atoms with Gasteiger partial charge in [0.2, 0.25) is 0 Å². The number of aliphatic hydroxyl groups is 2. The van der Waals surface area contributed by atoms with Crippen LogP contribution in [-0.4, -0.2) is 34.6 Å². The van der Waals surface area contributed by atoms with E-state index in [9.17, 15) is 10.2 Å². The van der Waals surface area contributed by atoms with Gasteiger partial charge in [0.25, 0.3) is 0 Å². The van der Waals surface area contributed by atoms with E-state index in [-0.39, 0.29) is 0 Å². The summed E-state index contributed by atoms with van der Waals surface area (Å²) in [5, 5.41) is 19.9. The first-order valence-corrected chi connectivity index (χ1v) is 8.41. The van der Waals surface area contributed by atoms with Gasteiger partial charge in [-0.1, -0.05) is 46.5 Å². The van der Waals surface area contributed by atoms with Crippen molar-refractivity contribution in [1.82, 2.24) is 0 Å². The lowest BCUT2D eigenvalue weighted by atomic mass is 9.90. The second-order valence-corrected chi connectivity index (χ2v) is 6.35. The van der Waals surface area contributed by atoms with Crippen molar-refractivity contribution in [1.29, 1.82) is 0 Å². The van der Waals surface area contributed by atoms with Crippen molar-refractivity contribution < 1.29 is 14.9 Å². The minimum Gasteiger partial charge on any atom is -0.390 e. The minimum atomic E-state index is -0.676. The zero-order chi connectivity index (χ0) is 15.5. The number of ether oxygens (including phenoxy) is 1. The highest BCUT2D eigenvalue weighted by Gasteiger charge is 2.20. The maximum atomic E-state index is 10.2. The lowest BCUT2D eigenvalue weighted by Gasteiger charge is -2.24. The van der Waals surface area contributed by atoms with Crippen LogP contribution in [0.4, 0.5) is 0 Å². The van der Waals surface area contributed by atoms with Crippen LogP contribution in [-0.2, 0) is 4.74 Å². The fourth-order valence-electron chi connectivity index (χ4n) is 2.19. The van der Waals surface area contributed by atoms with Crippen LogP contribution in [0.1, 0.15) is 85.5 Å². The van der Waals surface area contributed by atoms with Gasteiger partial charge in [0.1, 0.15) is 0 Å². The Morgan fingerprint density at radius 1 is 0.800 bits per heavy atom. The van der Waals surface area contributed by atoms with Crippen LogP contribution in [0.3, 0.4) is 0 Å².